The highest BCUT2D eigenvalue weighted by molar-refractivity contribution is 7.99. The number of hydrogen-bond acceptors (Lipinski definition) is 1. The maximum Gasteiger partial charge on any atom is 0.0406 e. The van der Waals surface area contributed by atoms with Crippen LogP contribution in [0.2, 0.25) is 5.02 Å². The van der Waals surface area contributed by atoms with E-state index in [4.69, 9.17) is 11.6 Å². The van der Waals surface area contributed by atoms with Crippen LogP contribution in [0.25, 0.3) is 0 Å². The molecule has 0 unspecified atom stereocenters. The molecule has 1 aliphatic carbocycles. The summed E-state index contributed by atoms with van der Waals surface area (Å²) in [6, 6.07) is 8.22. The van der Waals surface area contributed by atoms with Crippen molar-refractivity contribution >= 4 is 23.4 Å². The van der Waals surface area contributed by atoms with Crippen LogP contribution in [-0.2, 0) is 5.75 Å². The number of rotatable bonds is 3. The predicted molar refractivity (Wildman–Crippen MR) is 65.0 cm³/mol. The SMILES string of the molecule is Clc1ccc(CSC2CCCC2)cc1. The van der Waals surface area contributed by atoms with Gasteiger partial charge in [-0.05, 0) is 30.5 Å². The van der Waals surface area contributed by atoms with Crippen LogP contribution >= 0.6 is 23.4 Å². The normalized spacial score (nSPS) is 17.5. The maximum absolute atomic E-state index is 5.83. The minimum Gasteiger partial charge on any atom is -0.154 e. The molecule has 14 heavy (non-hydrogen) atoms. The zero-order valence-electron chi connectivity index (χ0n) is 8.21. The van der Waals surface area contributed by atoms with Gasteiger partial charge < -0.3 is 0 Å². The lowest BCUT2D eigenvalue weighted by Crippen LogP contribution is -1.94. The molecular weight excluding hydrogens is 212 g/mol. The molecule has 0 aliphatic heterocycles. The lowest BCUT2D eigenvalue weighted by atomic mass is 10.2. The van der Waals surface area contributed by atoms with Crippen molar-refractivity contribution in [3.8, 4) is 0 Å². The van der Waals surface area contributed by atoms with E-state index < -0.39 is 0 Å². The van der Waals surface area contributed by atoms with Gasteiger partial charge in [0, 0.05) is 16.0 Å². The van der Waals surface area contributed by atoms with Crippen molar-refractivity contribution in [1.29, 1.82) is 0 Å². The van der Waals surface area contributed by atoms with E-state index >= 15 is 0 Å². The topological polar surface area (TPSA) is 0 Å². The van der Waals surface area contributed by atoms with E-state index in [-0.39, 0.29) is 0 Å². The summed E-state index contributed by atoms with van der Waals surface area (Å²) in [4.78, 5) is 0. The fourth-order valence-corrected chi connectivity index (χ4v) is 3.26. The summed E-state index contributed by atoms with van der Waals surface area (Å²) in [6.45, 7) is 0. The van der Waals surface area contributed by atoms with Crippen LogP contribution in [0.3, 0.4) is 0 Å². The van der Waals surface area contributed by atoms with Crippen molar-refractivity contribution in [3.05, 3.63) is 34.9 Å². The highest BCUT2D eigenvalue weighted by Gasteiger charge is 2.14. The summed E-state index contributed by atoms with van der Waals surface area (Å²) in [5.41, 5.74) is 1.39. The van der Waals surface area contributed by atoms with Gasteiger partial charge in [-0.15, -0.1) is 0 Å². The largest absolute Gasteiger partial charge is 0.154 e. The van der Waals surface area contributed by atoms with Gasteiger partial charge >= 0.3 is 0 Å². The second-order valence-corrected chi connectivity index (χ2v) is 5.57. The summed E-state index contributed by atoms with van der Waals surface area (Å²) in [6.07, 6.45) is 5.69. The van der Waals surface area contributed by atoms with Crippen LogP contribution in [0.5, 0.6) is 0 Å². The Morgan fingerprint density at radius 1 is 1.14 bits per heavy atom. The van der Waals surface area contributed by atoms with Gasteiger partial charge in [-0.3, -0.25) is 0 Å². The molecule has 0 nitrogen and oxygen atoms in total. The summed E-state index contributed by atoms with van der Waals surface area (Å²) in [5, 5.41) is 1.74. The minimum absolute atomic E-state index is 0.833. The van der Waals surface area contributed by atoms with Crippen LogP contribution < -0.4 is 0 Å². The van der Waals surface area contributed by atoms with Crippen LogP contribution in [0, 0.1) is 0 Å². The van der Waals surface area contributed by atoms with Crippen LogP contribution in [0.1, 0.15) is 31.2 Å². The summed E-state index contributed by atoms with van der Waals surface area (Å²) >= 11 is 7.93. The predicted octanol–water partition coefficient (Wildman–Crippen LogP) is 4.52. The summed E-state index contributed by atoms with van der Waals surface area (Å²) in [5.74, 6) is 1.14. The molecule has 0 heterocycles. The van der Waals surface area contributed by atoms with E-state index in [1.165, 1.54) is 31.2 Å². The van der Waals surface area contributed by atoms with Gasteiger partial charge in [0.2, 0.25) is 0 Å². The molecule has 0 radical (unpaired) electrons. The van der Waals surface area contributed by atoms with Gasteiger partial charge in [0.05, 0.1) is 0 Å². The molecule has 1 aromatic rings. The van der Waals surface area contributed by atoms with E-state index in [1.807, 2.05) is 12.1 Å². The van der Waals surface area contributed by atoms with Gasteiger partial charge in [-0.25, -0.2) is 0 Å². The molecule has 1 fully saturated rings. The smallest absolute Gasteiger partial charge is 0.0406 e. The molecule has 0 atom stereocenters. The van der Waals surface area contributed by atoms with Crippen molar-refractivity contribution in [3.63, 3.8) is 0 Å². The zero-order valence-corrected chi connectivity index (χ0v) is 9.78. The third kappa shape index (κ3) is 2.93. The van der Waals surface area contributed by atoms with E-state index in [9.17, 15) is 0 Å². The number of halogens is 1. The first-order chi connectivity index (χ1) is 6.84. The molecule has 2 heteroatoms. The van der Waals surface area contributed by atoms with Crippen molar-refractivity contribution in [2.75, 3.05) is 0 Å². The van der Waals surface area contributed by atoms with Gasteiger partial charge in [0.1, 0.15) is 0 Å². The van der Waals surface area contributed by atoms with E-state index in [0.717, 1.165) is 16.0 Å². The first-order valence-corrected chi connectivity index (χ1v) is 6.63. The summed E-state index contributed by atoms with van der Waals surface area (Å²) < 4.78 is 0. The van der Waals surface area contributed by atoms with Gasteiger partial charge in [0.25, 0.3) is 0 Å². The molecule has 0 aromatic heterocycles. The average molecular weight is 227 g/mol. The van der Waals surface area contributed by atoms with Crippen LogP contribution in [0.15, 0.2) is 24.3 Å². The Labute approximate surface area is 95.0 Å². The Balaban J connectivity index is 1.82. The molecule has 1 aliphatic rings. The highest BCUT2D eigenvalue weighted by Crippen LogP contribution is 2.31. The molecule has 0 spiro atoms. The number of benzene rings is 1. The lowest BCUT2D eigenvalue weighted by molar-refractivity contribution is 0.886. The van der Waals surface area contributed by atoms with Crippen LogP contribution in [-0.4, -0.2) is 5.25 Å². The van der Waals surface area contributed by atoms with Crippen molar-refractivity contribution in [1.82, 2.24) is 0 Å². The van der Waals surface area contributed by atoms with Gasteiger partial charge in [-0.2, -0.15) is 11.8 Å². The Morgan fingerprint density at radius 2 is 1.79 bits per heavy atom. The molecule has 0 bridgehead atoms. The summed E-state index contributed by atoms with van der Waals surface area (Å²) in [7, 11) is 0. The maximum atomic E-state index is 5.83. The van der Waals surface area contributed by atoms with E-state index in [2.05, 4.69) is 23.9 Å². The molecule has 1 saturated carbocycles. The van der Waals surface area contributed by atoms with Crippen LogP contribution in [0.4, 0.5) is 0 Å². The molecule has 0 saturated heterocycles. The first kappa shape index (κ1) is 10.4. The standard InChI is InChI=1S/C12H15ClS/c13-11-7-5-10(6-8-11)9-14-12-3-1-2-4-12/h5-8,12H,1-4,9H2. The number of thioether (sulfide) groups is 1. The van der Waals surface area contributed by atoms with E-state index in [0.29, 0.717) is 0 Å². The second kappa shape index (κ2) is 5.09. The minimum atomic E-state index is 0.833. The van der Waals surface area contributed by atoms with Gasteiger partial charge in [0.15, 0.2) is 0 Å². The molecule has 0 N–H and O–H groups in total. The lowest BCUT2D eigenvalue weighted by Gasteiger charge is -2.08. The second-order valence-electron chi connectivity index (χ2n) is 3.84. The number of hydrogen-bond donors (Lipinski definition) is 0. The Kier molecular flexibility index (Phi) is 3.77. The fraction of sp³-hybridized carbons (Fsp3) is 0.500. The fourth-order valence-electron chi connectivity index (χ4n) is 1.85. The van der Waals surface area contributed by atoms with Crippen molar-refractivity contribution in [2.45, 2.75) is 36.7 Å². The molecule has 0 amide bonds. The highest BCUT2D eigenvalue weighted by atomic mass is 35.5. The zero-order chi connectivity index (χ0) is 9.80. The Bertz CT molecular complexity index is 275. The molecule has 76 valence electrons. The van der Waals surface area contributed by atoms with Gasteiger partial charge in [-0.1, -0.05) is 36.6 Å². The molecule has 2 rings (SSSR count). The Morgan fingerprint density at radius 3 is 2.43 bits per heavy atom. The molecule has 1 aromatic carbocycles. The first-order valence-electron chi connectivity index (χ1n) is 5.20. The third-order valence-corrected chi connectivity index (χ3v) is 4.40. The van der Waals surface area contributed by atoms with E-state index in [1.54, 1.807) is 0 Å². The quantitative estimate of drug-likeness (QED) is 0.731. The van der Waals surface area contributed by atoms with Crippen molar-refractivity contribution < 1.29 is 0 Å². The van der Waals surface area contributed by atoms with Crippen molar-refractivity contribution in [2.24, 2.45) is 0 Å². The average Bonchev–Trinajstić information content (AvgIpc) is 2.70. The monoisotopic (exact) mass is 226 g/mol. The Hall–Kier alpha value is -0.140. The molecular formula is C12H15ClS. The third-order valence-electron chi connectivity index (χ3n) is 2.70.